The van der Waals surface area contributed by atoms with Gasteiger partial charge in [0.25, 0.3) is 10.0 Å². The first-order valence-corrected chi connectivity index (χ1v) is 9.01. The minimum absolute atomic E-state index is 0.310. The molecule has 21 heavy (non-hydrogen) atoms. The highest BCUT2D eigenvalue weighted by molar-refractivity contribution is 14.1. The minimum atomic E-state index is -3.57. The van der Waals surface area contributed by atoms with E-state index in [4.69, 9.17) is 0 Å². The van der Waals surface area contributed by atoms with Crippen LogP contribution in [0.25, 0.3) is 10.9 Å². The molecule has 0 aliphatic carbocycles. The Morgan fingerprint density at radius 2 is 1.67 bits per heavy atom. The SMILES string of the molecule is Cc1ccc(S(=O)(=O)n2cc(I)c3cccc(C)c32)cc1. The van der Waals surface area contributed by atoms with Crippen molar-refractivity contribution in [3.8, 4) is 0 Å². The van der Waals surface area contributed by atoms with Crippen LogP contribution in [-0.2, 0) is 10.0 Å². The summed E-state index contributed by atoms with van der Waals surface area (Å²) in [5.41, 5.74) is 2.74. The van der Waals surface area contributed by atoms with Crippen molar-refractivity contribution in [1.29, 1.82) is 0 Å². The number of hydrogen-bond donors (Lipinski definition) is 0. The highest BCUT2D eigenvalue weighted by Gasteiger charge is 2.21. The van der Waals surface area contributed by atoms with Gasteiger partial charge in [-0.3, -0.25) is 0 Å². The van der Waals surface area contributed by atoms with Crippen LogP contribution in [0.3, 0.4) is 0 Å². The normalized spacial score (nSPS) is 12.0. The Morgan fingerprint density at radius 3 is 2.33 bits per heavy atom. The summed E-state index contributed by atoms with van der Waals surface area (Å²) in [7, 11) is -3.57. The van der Waals surface area contributed by atoms with Crippen molar-refractivity contribution in [2.45, 2.75) is 18.7 Å². The molecule has 0 radical (unpaired) electrons. The number of rotatable bonds is 2. The quantitative estimate of drug-likeness (QED) is 0.596. The Bertz CT molecular complexity index is 925. The van der Waals surface area contributed by atoms with Crippen LogP contribution in [0, 0.1) is 17.4 Å². The van der Waals surface area contributed by atoms with Crippen molar-refractivity contribution in [2.75, 3.05) is 0 Å². The third-order valence-electron chi connectivity index (χ3n) is 3.52. The summed E-state index contributed by atoms with van der Waals surface area (Å²) in [6.07, 6.45) is 1.69. The van der Waals surface area contributed by atoms with Gasteiger partial charge in [0, 0.05) is 15.2 Å². The van der Waals surface area contributed by atoms with Gasteiger partial charge in [-0.15, -0.1) is 0 Å². The van der Waals surface area contributed by atoms with Crippen molar-refractivity contribution < 1.29 is 8.42 Å². The predicted octanol–water partition coefficient (Wildman–Crippen LogP) is 4.10. The predicted molar refractivity (Wildman–Crippen MR) is 93.2 cm³/mol. The Hall–Kier alpha value is -1.34. The van der Waals surface area contributed by atoms with Crippen LogP contribution < -0.4 is 0 Å². The van der Waals surface area contributed by atoms with E-state index < -0.39 is 10.0 Å². The molecule has 0 saturated carbocycles. The van der Waals surface area contributed by atoms with E-state index in [0.29, 0.717) is 4.90 Å². The van der Waals surface area contributed by atoms with Crippen molar-refractivity contribution in [1.82, 2.24) is 3.97 Å². The van der Waals surface area contributed by atoms with E-state index in [2.05, 4.69) is 22.6 Å². The molecule has 0 amide bonds. The lowest BCUT2D eigenvalue weighted by Crippen LogP contribution is -2.12. The Morgan fingerprint density at radius 1 is 1.00 bits per heavy atom. The molecule has 0 unspecified atom stereocenters. The van der Waals surface area contributed by atoms with Crippen LogP contribution in [0.5, 0.6) is 0 Å². The molecule has 2 aromatic carbocycles. The number of hydrogen-bond acceptors (Lipinski definition) is 2. The van der Waals surface area contributed by atoms with Gasteiger partial charge >= 0.3 is 0 Å². The molecular formula is C16H14INO2S. The lowest BCUT2D eigenvalue weighted by atomic mass is 10.2. The lowest BCUT2D eigenvalue weighted by molar-refractivity contribution is 0.589. The Balaban J connectivity index is 2.32. The molecule has 0 bridgehead atoms. The molecule has 0 atom stereocenters. The maximum atomic E-state index is 12.9. The minimum Gasteiger partial charge on any atom is -0.240 e. The molecule has 0 spiro atoms. The van der Waals surface area contributed by atoms with E-state index in [1.165, 1.54) is 3.97 Å². The standard InChI is InChI=1S/C16H14INO2S/c1-11-6-8-13(9-7-11)21(19,20)18-10-15(17)14-5-3-4-12(2)16(14)18/h3-10H,1-2H3. The zero-order valence-electron chi connectivity index (χ0n) is 11.7. The fourth-order valence-electron chi connectivity index (χ4n) is 2.39. The second-order valence-electron chi connectivity index (χ2n) is 5.06. The van der Waals surface area contributed by atoms with E-state index in [0.717, 1.165) is 25.6 Å². The molecule has 0 aliphatic heterocycles. The number of aryl methyl sites for hydroxylation is 2. The number of para-hydroxylation sites is 1. The zero-order valence-corrected chi connectivity index (χ0v) is 14.6. The number of nitrogens with zero attached hydrogens (tertiary/aromatic N) is 1. The van der Waals surface area contributed by atoms with Gasteiger partial charge in [0.1, 0.15) is 0 Å². The van der Waals surface area contributed by atoms with Crippen LogP contribution >= 0.6 is 22.6 Å². The smallest absolute Gasteiger partial charge is 0.240 e. The highest BCUT2D eigenvalue weighted by Crippen LogP contribution is 2.29. The third-order valence-corrected chi connectivity index (χ3v) is 6.06. The van der Waals surface area contributed by atoms with Crippen LogP contribution in [0.4, 0.5) is 0 Å². The topological polar surface area (TPSA) is 39.1 Å². The molecule has 1 aromatic heterocycles. The summed E-state index contributed by atoms with van der Waals surface area (Å²) >= 11 is 2.18. The van der Waals surface area contributed by atoms with Gasteiger partial charge in [-0.1, -0.05) is 35.9 Å². The van der Waals surface area contributed by atoms with Gasteiger partial charge in [-0.25, -0.2) is 12.4 Å². The largest absolute Gasteiger partial charge is 0.268 e. The average Bonchev–Trinajstić information content (AvgIpc) is 2.79. The molecule has 3 aromatic rings. The van der Waals surface area contributed by atoms with Crippen molar-refractivity contribution >= 4 is 43.5 Å². The summed E-state index contributed by atoms with van der Waals surface area (Å²) in [5.74, 6) is 0. The van der Waals surface area contributed by atoms with Gasteiger partial charge in [0.15, 0.2) is 0 Å². The fraction of sp³-hybridized carbons (Fsp3) is 0.125. The molecule has 0 aliphatic rings. The number of halogens is 1. The summed E-state index contributed by atoms with van der Waals surface area (Å²) < 4.78 is 28.1. The van der Waals surface area contributed by atoms with Crippen LogP contribution in [-0.4, -0.2) is 12.4 Å². The summed E-state index contributed by atoms with van der Waals surface area (Å²) in [6, 6.07) is 12.8. The summed E-state index contributed by atoms with van der Waals surface area (Å²) in [6.45, 7) is 3.87. The maximum Gasteiger partial charge on any atom is 0.268 e. The fourth-order valence-corrected chi connectivity index (χ4v) is 4.73. The lowest BCUT2D eigenvalue weighted by Gasteiger charge is -2.09. The third kappa shape index (κ3) is 2.38. The first-order valence-electron chi connectivity index (χ1n) is 6.49. The number of benzene rings is 2. The zero-order chi connectivity index (χ0) is 15.2. The second-order valence-corrected chi connectivity index (χ2v) is 8.04. The highest BCUT2D eigenvalue weighted by atomic mass is 127. The Kier molecular flexibility index (Phi) is 3.57. The van der Waals surface area contributed by atoms with Gasteiger partial charge in [-0.05, 0) is 54.1 Å². The van der Waals surface area contributed by atoms with Gasteiger partial charge < -0.3 is 0 Å². The molecule has 0 fully saturated rings. The van der Waals surface area contributed by atoms with Gasteiger partial charge in [-0.2, -0.15) is 0 Å². The number of fused-ring (bicyclic) bond motifs is 1. The monoisotopic (exact) mass is 411 g/mol. The summed E-state index contributed by atoms with van der Waals surface area (Å²) in [4.78, 5) is 0.310. The number of aromatic nitrogens is 1. The molecule has 0 saturated heterocycles. The van der Waals surface area contributed by atoms with Crippen molar-refractivity contribution in [3.63, 3.8) is 0 Å². The van der Waals surface area contributed by atoms with Crippen LogP contribution in [0.15, 0.2) is 53.6 Å². The molecule has 3 nitrogen and oxygen atoms in total. The van der Waals surface area contributed by atoms with Crippen molar-refractivity contribution in [2.24, 2.45) is 0 Å². The van der Waals surface area contributed by atoms with Crippen LogP contribution in [0.1, 0.15) is 11.1 Å². The average molecular weight is 411 g/mol. The van der Waals surface area contributed by atoms with E-state index in [1.54, 1.807) is 18.3 Å². The van der Waals surface area contributed by atoms with E-state index in [1.807, 2.05) is 44.2 Å². The first kappa shape index (κ1) is 14.6. The second kappa shape index (κ2) is 5.14. The molecule has 0 N–H and O–H groups in total. The molecule has 5 heteroatoms. The first-order chi connectivity index (χ1) is 9.91. The van der Waals surface area contributed by atoms with Gasteiger partial charge in [0.05, 0.1) is 10.4 Å². The van der Waals surface area contributed by atoms with E-state index in [9.17, 15) is 8.42 Å². The molecule has 108 valence electrons. The van der Waals surface area contributed by atoms with Gasteiger partial charge in [0.2, 0.25) is 0 Å². The Labute approximate surface area is 137 Å². The van der Waals surface area contributed by atoms with E-state index in [-0.39, 0.29) is 0 Å². The van der Waals surface area contributed by atoms with Crippen LogP contribution in [0.2, 0.25) is 0 Å². The van der Waals surface area contributed by atoms with E-state index >= 15 is 0 Å². The molecule has 3 rings (SSSR count). The van der Waals surface area contributed by atoms with Crippen molar-refractivity contribution in [3.05, 3.63) is 63.4 Å². The molecular weight excluding hydrogens is 397 g/mol. The molecule has 1 heterocycles. The summed E-state index contributed by atoms with van der Waals surface area (Å²) in [5, 5.41) is 0.964. The maximum absolute atomic E-state index is 12.9.